The zero-order chi connectivity index (χ0) is 31.2. The highest BCUT2D eigenvalue weighted by Crippen LogP contribution is 2.28. The molecule has 1 aromatic heterocycles. The molecule has 2 fully saturated rings. The van der Waals surface area contributed by atoms with Gasteiger partial charge in [-0.1, -0.05) is 35.9 Å². The number of aryl methyl sites for hydroxylation is 1. The summed E-state index contributed by atoms with van der Waals surface area (Å²) in [6.07, 6.45) is 6.53. The van der Waals surface area contributed by atoms with Gasteiger partial charge in [0.25, 0.3) is 0 Å². The molecule has 0 atom stereocenters. The first-order valence-corrected chi connectivity index (χ1v) is 16.5. The number of halogens is 1. The number of nitrogens with one attached hydrogen (secondary N) is 1. The third-order valence-electron chi connectivity index (χ3n) is 9.55. The van der Waals surface area contributed by atoms with Crippen molar-refractivity contribution in [2.45, 2.75) is 65.3 Å². The van der Waals surface area contributed by atoms with E-state index in [0.29, 0.717) is 50.5 Å². The van der Waals surface area contributed by atoms with E-state index in [1.54, 1.807) is 6.92 Å². The normalized spacial score (nSPS) is 16.8. The highest BCUT2D eigenvalue weighted by molar-refractivity contribution is 6.31. The number of anilines is 1. The second kappa shape index (κ2) is 14.6. The fourth-order valence-corrected chi connectivity index (χ4v) is 7.04. The Hall–Kier alpha value is -3.36. The van der Waals surface area contributed by atoms with Crippen LogP contribution in [0.3, 0.4) is 0 Å². The van der Waals surface area contributed by atoms with Crippen molar-refractivity contribution < 1.29 is 14.4 Å². The molecule has 3 heterocycles. The number of H-pyrrole nitrogens is 1. The summed E-state index contributed by atoms with van der Waals surface area (Å²) >= 11 is 6.48. The number of aromatic amines is 1. The topological polar surface area (TPSA) is 80.0 Å². The first-order valence-electron chi connectivity index (χ1n) is 16.1. The molecule has 44 heavy (non-hydrogen) atoms. The molecule has 0 bridgehead atoms. The van der Waals surface area contributed by atoms with Crippen molar-refractivity contribution in [3.63, 3.8) is 0 Å². The molecule has 1 N–H and O–H groups in total. The summed E-state index contributed by atoms with van der Waals surface area (Å²) in [4.78, 5) is 50.5. The summed E-state index contributed by atoms with van der Waals surface area (Å²) in [6, 6.07) is 14.2. The Morgan fingerprint density at radius 2 is 1.73 bits per heavy atom. The number of rotatable bonds is 10. The first kappa shape index (κ1) is 32.0. The molecule has 2 aliphatic heterocycles. The van der Waals surface area contributed by atoms with Crippen LogP contribution < -0.4 is 4.90 Å². The molecule has 2 aliphatic rings. The van der Waals surface area contributed by atoms with Gasteiger partial charge in [-0.05, 0) is 81.8 Å². The van der Waals surface area contributed by atoms with Gasteiger partial charge in [0.05, 0.1) is 6.42 Å². The molecular weight excluding hydrogens is 574 g/mol. The van der Waals surface area contributed by atoms with Crippen LogP contribution in [0.2, 0.25) is 5.02 Å². The number of carbonyl (C=O) groups is 3. The van der Waals surface area contributed by atoms with Gasteiger partial charge in [0.2, 0.25) is 17.7 Å². The quantitative estimate of drug-likeness (QED) is 0.317. The van der Waals surface area contributed by atoms with Gasteiger partial charge in [-0.25, -0.2) is 0 Å². The van der Waals surface area contributed by atoms with Crippen molar-refractivity contribution >= 4 is 45.9 Å². The number of benzene rings is 2. The Morgan fingerprint density at radius 1 is 1.00 bits per heavy atom. The molecule has 0 aliphatic carbocycles. The second-order valence-electron chi connectivity index (χ2n) is 12.3. The number of likely N-dealkylation sites (N-methyl/N-ethyl adjacent to an activating group) is 1. The fourth-order valence-electron chi connectivity index (χ4n) is 6.87. The average molecular weight is 620 g/mol. The van der Waals surface area contributed by atoms with E-state index in [0.717, 1.165) is 66.6 Å². The van der Waals surface area contributed by atoms with Crippen LogP contribution in [0.4, 0.5) is 5.69 Å². The lowest BCUT2D eigenvalue weighted by atomic mass is 9.94. The Balaban J connectivity index is 1.14. The van der Waals surface area contributed by atoms with Gasteiger partial charge in [-0.2, -0.15) is 0 Å². The molecule has 0 radical (unpaired) electrons. The first-order chi connectivity index (χ1) is 21.2. The van der Waals surface area contributed by atoms with E-state index in [1.807, 2.05) is 59.3 Å². The number of para-hydroxylation sites is 1. The third kappa shape index (κ3) is 7.46. The Bertz CT molecular complexity index is 1460. The molecular formula is C35H46ClN5O3. The number of amides is 3. The number of carbonyl (C=O) groups excluding carboxylic acids is 3. The summed E-state index contributed by atoms with van der Waals surface area (Å²) in [5.41, 5.74) is 3.95. The zero-order valence-electron chi connectivity index (χ0n) is 26.4. The molecule has 2 aromatic carbocycles. The molecule has 0 unspecified atom stereocenters. The van der Waals surface area contributed by atoms with Crippen LogP contribution in [0, 0.1) is 12.8 Å². The second-order valence-corrected chi connectivity index (χ2v) is 12.8. The van der Waals surface area contributed by atoms with Gasteiger partial charge < -0.3 is 24.6 Å². The lowest BCUT2D eigenvalue weighted by molar-refractivity contribution is -0.133. The van der Waals surface area contributed by atoms with Crippen molar-refractivity contribution in [3.05, 3.63) is 64.8 Å². The molecule has 0 saturated carbocycles. The van der Waals surface area contributed by atoms with Crippen molar-refractivity contribution in [2.75, 3.05) is 50.7 Å². The Labute approximate surface area is 266 Å². The largest absolute Gasteiger partial charge is 0.361 e. The maximum absolute atomic E-state index is 13.8. The summed E-state index contributed by atoms with van der Waals surface area (Å²) < 4.78 is 0. The van der Waals surface area contributed by atoms with Crippen LogP contribution in [-0.4, -0.2) is 89.3 Å². The maximum Gasteiger partial charge on any atom is 0.230 e. The maximum atomic E-state index is 13.8. The van der Waals surface area contributed by atoms with Crippen molar-refractivity contribution in [1.82, 2.24) is 19.7 Å². The summed E-state index contributed by atoms with van der Waals surface area (Å²) in [5.74, 6) is 0.292. The van der Waals surface area contributed by atoms with E-state index < -0.39 is 0 Å². The molecule has 236 valence electrons. The zero-order valence-corrected chi connectivity index (χ0v) is 27.1. The van der Waals surface area contributed by atoms with Crippen molar-refractivity contribution in [3.8, 4) is 0 Å². The molecule has 2 saturated heterocycles. The number of fused-ring (bicyclic) bond motifs is 1. The number of aromatic nitrogens is 1. The van der Waals surface area contributed by atoms with E-state index in [9.17, 15) is 14.4 Å². The van der Waals surface area contributed by atoms with Crippen LogP contribution in [-0.2, 0) is 20.8 Å². The lowest BCUT2D eigenvalue weighted by Gasteiger charge is -2.38. The van der Waals surface area contributed by atoms with Crippen LogP contribution in [0.5, 0.6) is 0 Å². The Kier molecular flexibility index (Phi) is 10.6. The SMILES string of the molecule is CCN(C(=O)Cc1c[nH]c2ccccc12)C1CCN(CCCN(C(=O)C2CCN(C(C)=O)CC2)c2ccc(C)c(Cl)c2)CC1. The number of hydrogen-bond acceptors (Lipinski definition) is 4. The van der Waals surface area contributed by atoms with Gasteiger partial charge in [-0.3, -0.25) is 14.4 Å². The molecule has 5 rings (SSSR count). The van der Waals surface area contributed by atoms with Crippen LogP contribution in [0.1, 0.15) is 57.1 Å². The fraction of sp³-hybridized carbons (Fsp3) is 0.514. The van der Waals surface area contributed by atoms with Crippen LogP contribution >= 0.6 is 11.6 Å². The average Bonchev–Trinajstić information content (AvgIpc) is 3.44. The molecule has 8 nitrogen and oxygen atoms in total. The van der Waals surface area contributed by atoms with Crippen LogP contribution in [0.25, 0.3) is 10.9 Å². The van der Waals surface area contributed by atoms with E-state index in [1.165, 1.54) is 0 Å². The van der Waals surface area contributed by atoms with Gasteiger partial charge in [-0.15, -0.1) is 0 Å². The number of piperidine rings is 2. The monoisotopic (exact) mass is 619 g/mol. The van der Waals surface area contributed by atoms with Gasteiger partial charge >= 0.3 is 0 Å². The minimum absolute atomic E-state index is 0.0718. The van der Waals surface area contributed by atoms with E-state index >= 15 is 0 Å². The summed E-state index contributed by atoms with van der Waals surface area (Å²) in [7, 11) is 0. The number of nitrogens with zero attached hydrogens (tertiary/aromatic N) is 4. The van der Waals surface area contributed by atoms with Crippen molar-refractivity contribution in [2.24, 2.45) is 5.92 Å². The Morgan fingerprint density at radius 3 is 2.41 bits per heavy atom. The third-order valence-corrected chi connectivity index (χ3v) is 9.96. The number of hydrogen-bond donors (Lipinski definition) is 1. The van der Waals surface area contributed by atoms with E-state index in [4.69, 9.17) is 11.6 Å². The summed E-state index contributed by atoms with van der Waals surface area (Å²) in [6.45, 7) is 11.0. The number of likely N-dealkylation sites (tertiary alicyclic amines) is 2. The molecule has 0 spiro atoms. The predicted octanol–water partition coefficient (Wildman–Crippen LogP) is 5.67. The standard InChI is InChI=1S/C35H46ClN5O3/c1-4-40(34(43)22-28-24-37-33-9-6-5-8-31(28)33)29-14-18-38(19-15-29)16-7-17-41(30-11-10-25(2)32(36)23-30)35(44)27-12-20-39(21-13-27)26(3)42/h5-6,8-11,23-24,27,29,37H,4,7,12-22H2,1-3H3. The van der Waals surface area contributed by atoms with Crippen LogP contribution in [0.15, 0.2) is 48.7 Å². The minimum Gasteiger partial charge on any atom is -0.361 e. The molecule has 3 aromatic rings. The lowest BCUT2D eigenvalue weighted by Crippen LogP contribution is -2.48. The molecule has 3 amide bonds. The van der Waals surface area contributed by atoms with Crippen molar-refractivity contribution in [1.29, 1.82) is 0 Å². The smallest absolute Gasteiger partial charge is 0.230 e. The van der Waals surface area contributed by atoms with Gasteiger partial charge in [0.15, 0.2) is 0 Å². The summed E-state index contributed by atoms with van der Waals surface area (Å²) in [5, 5.41) is 1.78. The van der Waals surface area contributed by atoms with Gasteiger partial charge in [0, 0.05) is 86.0 Å². The van der Waals surface area contributed by atoms with Gasteiger partial charge in [0.1, 0.15) is 0 Å². The van der Waals surface area contributed by atoms with E-state index in [2.05, 4.69) is 27.8 Å². The highest BCUT2D eigenvalue weighted by atomic mass is 35.5. The molecule has 9 heteroatoms. The minimum atomic E-state index is -0.0942. The van der Waals surface area contributed by atoms with E-state index in [-0.39, 0.29) is 29.7 Å². The predicted molar refractivity (Wildman–Crippen MR) is 177 cm³/mol. The highest BCUT2D eigenvalue weighted by Gasteiger charge is 2.31.